The van der Waals surface area contributed by atoms with Crippen molar-refractivity contribution in [3.63, 3.8) is 0 Å². The fraction of sp³-hybridized carbons (Fsp3) is 0.435. The summed E-state index contributed by atoms with van der Waals surface area (Å²) in [6, 6.07) is 1.96. The lowest BCUT2D eigenvalue weighted by Crippen LogP contribution is -2.59. The van der Waals surface area contributed by atoms with Crippen LogP contribution in [-0.2, 0) is 30.4 Å². The fourth-order valence-electron chi connectivity index (χ4n) is 3.54. The Hall–Kier alpha value is -3.97. The molecule has 0 aliphatic rings. The van der Waals surface area contributed by atoms with Crippen LogP contribution in [0.2, 0.25) is 0 Å². The summed E-state index contributed by atoms with van der Waals surface area (Å²) in [6.07, 6.45) is 1.04. The van der Waals surface area contributed by atoms with Crippen molar-refractivity contribution in [3.05, 3.63) is 36.0 Å². The first-order valence-electron chi connectivity index (χ1n) is 11.3. The number of carbonyl (C=O) groups excluding carboxylic acids is 4. The molecule has 4 atom stereocenters. The zero-order valence-corrected chi connectivity index (χ0v) is 20.0. The third-order valence-corrected chi connectivity index (χ3v) is 5.53. The molecule has 196 valence electrons. The van der Waals surface area contributed by atoms with Gasteiger partial charge in [-0.25, -0.2) is 4.79 Å². The van der Waals surface area contributed by atoms with Gasteiger partial charge in [-0.05, 0) is 17.5 Å². The zero-order chi connectivity index (χ0) is 27.0. The van der Waals surface area contributed by atoms with Gasteiger partial charge >= 0.3 is 5.97 Å². The number of H-pyrrole nitrogens is 1. The molecule has 4 unspecified atom stereocenters. The number of carbonyl (C=O) groups is 5. The Morgan fingerprint density at radius 2 is 1.58 bits per heavy atom. The van der Waals surface area contributed by atoms with E-state index in [0.717, 1.165) is 10.9 Å². The van der Waals surface area contributed by atoms with Crippen molar-refractivity contribution < 1.29 is 34.2 Å². The molecule has 0 aliphatic carbocycles. The van der Waals surface area contributed by atoms with E-state index in [4.69, 9.17) is 16.6 Å². The molecule has 10 N–H and O–H groups in total. The number of fused-ring (bicyclic) bond motifs is 1. The number of benzene rings is 1. The molecular weight excluding hydrogens is 472 g/mol. The number of carboxylic acids is 1. The van der Waals surface area contributed by atoms with Gasteiger partial charge in [0.1, 0.15) is 24.2 Å². The number of rotatable bonds is 13. The average Bonchev–Trinajstić information content (AvgIpc) is 3.22. The number of aliphatic hydroxyl groups excluding tert-OH is 1. The summed E-state index contributed by atoms with van der Waals surface area (Å²) in [5.41, 5.74) is 12.1. The van der Waals surface area contributed by atoms with Crippen LogP contribution < -0.4 is 27.4 Å². The highest BCUT2D eigenvalue weighted by molar-refractivity contribution is 5.96. The lowest BCUT2D eigenvalue weighted by molar-refractivity contribution is -0.143. The van der Waals surface area contributed by atoms with Crippen molar-refractivity contribution in [3.8, 4) is 0 Å². The van der Waals surface area contributed by atoms with Crippen molar-refractivity contribution in [1.29, 1.82) is 0 Å². The van der Waals surface area contributed by atoms with Crippen LogP contribution in [0.4, 0.5) is 0 Å². The Balaban J connectivity index is 2.34. The molecule has 1 aromatic heterocycles. The predicted octanol–water partition coefficient (Wildman–Crippen LogP) is -1.90. The highest BCUT2D eigenvalue weighted by atomic mass is 16.4. The van der Waals surface area contributed by atoms with Crippen LogP contribution >= 0.6 is 0 Å². The van der Waals surface area contributed by atoms with Gasteiger partial charge < -0.3 is 42.6 Å². The lowest BCUT2D eigenvalue weighted by Gasteiger charge is -2.25. The van der Waals surface area contributed by atoms with Crippen LogP contribution in [0.5, 0.6) is 0 Å². The molecule has 0 spiro atoms. The summed E-state index contributed by atoms with van der Waals surface area (Å²) >= 11 is 0. The van der Waals surface area contributed by atoms with E-state index in [1.54, 1.807) is 26.1 Å². The molecule has 13 nitrogen and oxygen atoms in total. The number of nitrogens with two attached hydrogens (primary N) is 2. The van der Waals surface area contributed by atoms with Gasteiger partial charge in [-0.1, -0.05) is 32.0 Å². The minimum atomic E-state index is -1.48. The Morgan fingerprint density at radius 1 is 0.972 bits per heavy atom. The van der Waals surface area contributed by atoms with E-state index < -0.39 is 72.7 Å². The molecule has 0 radical (unpaired) electrons. The number of aliphatic hydroxyl groups is 1. The van der Waals surface area contributed by atoms with Crippen LogP contribution in [-0.4, -0.2) is 75.6 Å². The molecule has 1 heterocycles. The fourth-order valence-corrected chi connectivity index (χ4v) is 3.54. The molecular formula is C23H32N6O7. The molecule has 0 saturated heterocycles. The summed E-state index contributed by atoms with van der Waals surface area (Å²) in [6.45, 7) is 2.54. The van der Waals surface area contributed by atoms with Gasteiger partial charge in [-0.15, -0.1) is 0 Å². The summed E-state index contributed by atoms with van der Waals surface area (Å²) in [4.78, 5) is 64.5. The van der Waals surface area contributed by atoms with Gasteiger partial charge in [0.15, 0.2) is 0 Å². The van der Waals surface area contributed by atoms with Crippen LogP contribution in [0.25, 0.3) is 10.9 Å². The van der Waals surface area contributed by atoms with Crippen molar-refractivity contribution in [1.82, 2.24) is 20.9 Å². The monoisotopic (exact) mass is 504 g/mol. The van der Waals surface area contributed by atoms with Crippen LogP contribution in [0.1, 0.15) is 25.8 Å². The number of aliphatic carboxylic acids is 1. The van der Waals surface area contributed by atoms with E-state index in [1.807, 2.05) is 18.2 Å². The molecule has 2 aromatic rings. The summed E-state index contributed by atoms with van der Waals surface area (Å²) in [5.74, 6) is -5.18. The maximum atomic E-state index is 13.2. The minimum Gasteiger partial charge on any atom is -0.480 e. The third-order valence-electron chi connectivity index (χ3n) is 5.53. The van der Waals surface area contributed by atoms with Crippen LogP contribution in [0, 0.1) is 5.92 Å². The predicted molar refractivity (Wildman–Crippen MR) is 129 cm³/mol. The molecule has 2 rings (SSSR count). The number of primary amides is 1. The molecule has 0 saturated carbocycles. The number of nitrogens with one attached hydrogen (secondary N) is 4. The average molecular weight is 505 g/mol. The van der Waals surface area contributed by atoms with E-state index in [-0.39, 0.29) is 6.42 Å². The topological polar surface area (TPSA) is 230 Å². The first kappa shape index (κ1) is 28.3. The molecule has 0 bridgehead atoms. The summed E-state index contributed by atoms with van der Waals surface area (Å²) < 4.78 is 0. The normalized spacial score (nSPS) is 14.5. The van der Waals surface area contributed by atoms with Gasteiger partial charge in [-0.2, -0.15) is 0 Å². The van der Waals surface area contributed by atoms with Crippen LogP contribution in [0.3, 0.4) is 0 Å². The van der Waals surface area contributed by atoms with Crippen LogP contribution in [0.15, 0.2) is 30.5 Å². The van der Waals surface area contributed by atoms with E-state index in [1.165, 1.54) is 0 Å². The Morgan fingerprint density at radius 3 is 2.17 bits per heavy atom. The molecule has 0 aliphatic heterocycles. The summed E-state index contributed by atoms with van der Waals surface area (Å²) in [5, 5.41) is 26.5. The second kappa shape index (κ2) is 12.7. The number of hydrogen-bond donors (Lipinski definition) is 8. The van der Waals surface area contributed by atoms with Crippen molar-refractivity contribution in [2.75, 3.05) is 6.61 Å². The quantitative estimate of drug-likeness (QED) is 0.153. The molecule has 4 amide bonds. The van der Waals surface area contributed by atoms with E-state index in [2.05, 4.69) is 20.9 Å². The number of aromatic amines is 1. The first-order valence-corrected chi connectivity index (χ1v) is 11.3. The largest absolute Gasteiger partial charge is 0.480 e. The van der Waals surface area contributed by atoms with Gasteiger partial charge in [0.05, 0.1) is 13.0 Å². The SMILES string of the molecule is CC(C)C(NC(=O)C(Cc1c[nH]c2ccccc12)NC(=O)C(CC(N)=O)NC(=O)C(N)CO)C(=O)O. The number of hydrogen-bond acceptors (Lipinski definition) is 7. The Labute approximate surface area is 207 Å². The third kappa shape index (κ3) is 7.52. The number of aromatic nitrogens is 1. The van der Waals surface area contributed by atoms with Gasteiger partial charge in [-0.3, -0.25) is 19.2 Å². The molecule has 13 heteroatoms. The second-order valence-corrected chi connectivity index (χ2v) is 8.71. The number of amides is 4. The van der Waals surface area contributed by atoms with E-state index >= 15 is 0 Å². The Kier molecular flexibility index (Phi) is 9.93. The van der Waals surface area contributed by atoms with E-state index in [0.29, 0.717) is 5.56 Å². The highest BCUT2D eigenvalue weighted by Gasteiger charge is 2.32. The second-order valence-electron chi connectivity index (χ2n) is 8.71. The maximum absolute atomic E-state index is 13.2. The minimum absolute atomic E-state index is 0.0284. The Bertz CT molecular complexity index is 1120. The van der Waals surface area contributed by atoms with Gasteiger partial charge in [0, 0.05) is 23.5 Å². The number of carboxylic acid groups (broad SMARTS) is 1. The molecule has 0 fully saturated rings. The first-order chi connectivity index (χ1) is 16.9. The summed E-state index contributed by atoms with van der Waals surface area (Å²) in [7, 11) is 0. The van der Waals surface area contributed by atoms with Gasteiger partial charge in [0.2, 0.25) is 23.6 Å². The smallest absolute Gasteiger partial charge is 0.326 e. The standard InChI is InChI=1S/C23H32N6O7/c1-11(2)19(23(35)36)29-22(34)16(7-12-9-26-15-6-4-3-5-13(12)15)28-21(33)17(8-18(25)31)27-20(32)14(24)10-30/h3-6,9,11,14,16-17,19,26,30H,7-8,10,24H2,1-2H3,(H2,25,31)(H,27,32)(H,28,33)(H,29,34)(H,35,36). The molecule has 36 heavy (non-hydrogen) atoms. The highest BCUT2D eigenvalue weighted by Crippen LogP contribution is 2.19. The van der Waals surface area contributed by atoms with Gasteiger partial charge in [0.25, 0.3) is 0 Å². The number of para-hydroxylation sites is 1. The zero-order valence-electron chi connectivity index (χ0n) is 20.0. The van der Waals surface area contributed by atoms with Crippen molar-refractivity contribution >= 4 is 40.5 Å². The lowest BCUT2D eigenvalue weighted by atomic mass is 10.0. The molecule has 1 aromatic carbocycles. The van der Waals surface area contributed by atoms with Crippen molar-refractivity contribution in [2.24, 2.45) is 17.4 Å². The van der Waals surface area contributed by atoms with E-state index in [9.17, 15) is 29.1 Å². The maximum Gasteiger partial charge on any atom is 0.326 e. The van der Waals surface area contributed by atoms with Crippen molar-refractivity contribution in [2.45, 2.75) is 50.9 Å².